The number of nitrogens with zero attached hydrogens (tertiary/aromatic N) is 1. The Hall–Kier alpha value is 0.200. The van der Waals surface area contributed by atoms with Gasteiger partial charge in [0, 0.05) is 18.5 Å². The lowest BCUT2D eigenvalue weighted by atomic mass is 10.0. The third kappa shape index (κ3) is 2.71. The van der Waals surface area contributed by atoms with Gasteiger partial charge in [0.1, 0.15) is 0 Å². The highest BCUT2D eigenvalue weighted by Gasteiger charge is 2.35. The molecule has 1 atom stereocenters. The number of alkyl halides is 1. The van der Waals surface area contributed by atoms with Crippen LogP contribution in [-0.2, 0) is 10.0 Å². The van der Waals surface area contributed by atoms with Crippen molar-refractivity contribution in [1.29, 1.82) is 0 Å². The van der Waals surface area contributed by atoms with E-state index in [0.717, 1.165) is 38.5 Å². The second-order valence-electron chi connectivity index (χ2n) is 4.90. The van der Waals surface area contributed by atoms with Crippen LogP contribution in [0.2, 0.25) is 0 Å². The molecular weight excluding hydrogens is 246 g/mol. The van der Waals surface area contributed by atoms with Gasteiger partial charge in [0.2, 0.25) is 10.0 Å². The van der Waals surface area contributed by atoms with E-state index < -0.39 is 10.0 Å². The lowest BCUT2D eigenvalue weighted by Crippen LogP contribution is -2.45. The van der Waals surface area contributed by atoms with Gasteiger partial charge in [0.05, 0.1) is 5.25 Å². The first-order valence-electron chi connectivity index (χ1n) is 6.24. The molecule has 0 bridgehead atoms. The van der Waals surface area contributed by atoms with E-state index >= 15 is 0 Å². The molecule has 2 fully saturated rings. The molecule has 0 amide bonds. The quantitative estimate of drug-likeness (QED) is 0.719. The maximum absolute atomic E-state index is 12.4. The van der Waals surface area contributed by atoms with Gasteiger partial charge in [-0.2, -0.15) is 0 Å². The zero-order chi connectivity index (χ0) is 11.6. The average Bonchev–Trinajstić information content (AvgIpc) is 2.30. The van der Waals surface area contributed by atoms with Crippen LogP contribution in [0.1, 0.15) is 44.9 Å². The Morgan fingerprint density at radius 1 is 1.00 bits per heavy atom. The smallest absolute Gasteiger partial charge is 0.212 e. The summed E-state index contributed by atoms with van der Waals surface area (Å²) in [6.45, 7) is 1.18. The lowest BCUT2D eigenvalue weighted by molar-refractivity contribution is 0.338. The number of piperidine rings is 1. The summed E-state index contributed by atoms with van der Waals surface area (Å²) >= 11 is 6.05. The molecule has 0 aromatic carbocycles. The van der Waals surface area contributed by atoms with Crippen molar-refractivity contribution in [2.24, 2.45) is 0 Å². The van der Waals surface area contributed by atoms with E-state index in [2.05, 4.69) is 0 Å². The number of hydrogen-bond acceptors (Lipinski definition) is 2. The van der Waals surface area contributed by atoms with Crippen LogP contribution in [-0.4, -0.2) is 36.4 Å². The summed E-state index contributed by atoms with van der Waals surface area (Å²) in [6, 6.07) is 0. The molecule has 1 saturated heterocycles. The van der Waals surface area contributed by atoms with Gasteiger partial charge in [-0.1, -0.05) is 19.3 Å². The fourth-order valence-corrected chi connectivity index (χ4v) is 5.22. The first-order valence-corrected chi connectivity index (χ1v) is 8.17. The van der Waals surface area contributed by atoms with Crippen LogP contribution in [0.15, 0.2) is 0 Å². The zero-order valence-electron chi connectivity index (χ0n) is 9.57. The van der Waals surface area contributed by atoms with E-state index in [9.17, 15) is 8.42 Å². The molecule has 2 aliphatic rings. The Balaban J connectivity index is 2.05. The Morgan fingerprint density at radius 3 is 2.31 bits per heavy atom. The molecule has 0 N–H and O–H groups in total. The summed E-state index contributed by atoms with van der Waals surface area (Å²) in [5.74, 6) is 0. The van der Waals surface area contributed by atoms with Gasteiger partial charge in [0.25, 0.3) is 0 Å². The topological polar surface area (TPSA) is 37.4 Å². The van der Waals surface area contributed by atoms with Crippen molar-refractivity contribution < 1.29 is 8.42 Å². The predicted molar refractivity (Wildman–Crippen MR) is 66.2 cm³/mol. The second-order valence-corrected chi connectivity index (χ2v) is 7.73. The molecule has 94 valence electrons. The molecule has 1 saturated carbocycles. The van der Waals surface area contributed by atoms with Gasteiger partial charge in [0.15, 0.2) is 0 Å². The number of rotatable bonds is 2. The van der Waals surface area contributed by atoms with Crippen LogP contribution in [0.3, 0.4) is 0 Å². The molecule has 16 heavy (non-hydrogen) atoms. The van der Waals surface area contributed by atoms with Crippen molar-refractivity contribution in [2.75, 3.05) is 13.1 Å². The fourth-order valence-electron chi connectivity index (χ4n) is 2.70. The van der Waals surface area contributed by atoms with Crippen molar-refractivity contribution in [1.82, 2.24) is 4.31 Å². The lowest BCUT2D eigenvalue weighted by Gasteiger charge is -2.33. The van der Waals surface area contributed by atoms with E-state index in [1.54, 1.807) is 4.31 Å². The van der Waals surface area contributed by atoms with Crippen molar-refractivity contribution in [3.05, 3.63) is 0 Å². The summed E-state index contributed by atoms with van der Waals surface area (Å²) in [7, 11) is -3.07. The molecule has 0 aromatic rings. The molecule has 2 rings (SSSR count). The van der Waals surface area contributed by atoms with E-state index in [1.165, 1.54) is 6.42 Å². The summed E-state index contributed by atoms with van der Waals surface area (Å²) in [5.41, 5.74) is 0. The Morgan fingerprint density at radius 2 is 1.69 bits per heavy atom. The van der Waals surface area contributed by atoms with Crippen LogP contribution in [0.5, 0.6) is 0 Å². The minimum Gasteiger partial charge on any atom is -0.212 e. The number of hydrogen-bond donors (Lipinski definition) is 0. The summed E-state index contributed by atoms with van der Waals surface area (Å²) in [6.07, 6.45) is 6.82. The minimum atomic E-state index is -3.07. The molecule has 0 spiro atoms. The van der Waals surface area contributed by atoms with Crippen LogP contribution >= 0.6 is 11.6 Å². The molecule has 0 radical (unpaired) electrons. The predicted octanol–water partition coefficient (Wildman–Crippen LogP) is 2.35. The van der Waals surface area contributed by atoms with Crippen LogP contribution in [0.4, 0.5) is 0 Å². The molecule has 3 nitrogen and oxygen atoms in total. The SMILES string of the molecule is O=S(=O)(C1CCCCC1)N1CCCC(Cl)C1. The van der Waals surface area contributed by atoms with E-state index in [-0.39, 0.29) is 10.6 Å². The first-order chi connectivity index (χ1) is 7.60. The van der Waals surface area contributed by atoms with E-state index in [0.29, 0.717) is 13.1 Å². The fraction of sp³-hybridized carbons (Fsp3) is 1.00. The van der Waals surface area contributed by atoms with Crippen molar-refractivity contribution >= 4 is 21.6 Å². The van der Waals surface area contributed by atoms with Gasteiger partial charge in [-0.15, -0.1) is 11.6 Å². The molecule has 1 aliphatic carbocycles. The summed E-state index contributed by atoms with van der Waals surface area (Å²) in [4.78, 5) is 0. The highest BCUT2D eigenvalue weighted by molar-refractivity contribution is 7.89. The minimum absolute atomic E-state index is 0.00659. The van der Waals surface area contributed by atoms with Gasteiger partial charge >= 0.3 is 0 Å². The average molecular weight is 266 g/mol. The van der Waals surface area contributed by atoms with E-state index in [4.69, 9.17) is 11.6 Å². The first kappa shape index (κ1) is 12.7. The van der Waals surface area contributed by atoms with Gasteiger partial charge in [-0.05, 0) is 25.7 Å². The molecule has 5 heteroatoms. The monoisotopic (exact) mass is 265 g/mol. The second kappa shape index (κ2) is 5.23. The summed E-state index contributed by atoms with van der Waals surface area (Å²) in [5, 5.41) is -0.129. The van der Waals surface area contributed by atoms with Crippen molar-refractivity contribution in [3.8, 4) is 0 Å². The van der Waals surface area contributed by atoms with E-state index in [1.807, 2.05) is 0 Å². The van der Waals surface area contributed by atoms with Crippen molar-refractivity contribution in [3.63, 3.8) is 0 Å². The third-order valence-corrected chi connectivity index (χ3v) is 6.38. The maximum atomic E-state index is 12.4. The highest BCUT2D eigenvalue weighted by atomic mass is 35.5. The van der Waals surface area contributed by atoms with Gasteiger partial charge < -0.3 is 0 Å². The summed E-state index contributed by atoms with van der Waals surface area (Å²) < 4.78 is 26.3. The Bertz CT molecular complexity index is 325. The third-order valence-electron chi connectivity index (χ3n) is 3.66. The van der Waals surface area contributed by atoms with Gasteiger partial charge in [-0.25, -0.2) is 12.7 Å². The maximum Gasteiger partial charge on any atom is 0.217 e. The van der Waals surface area contributed by atoms with Crippen LogP contribution in [0.25, 0.3) is 0 Å². The normalized spacial score (nSPS) is 30.4. The molecule has 1 aliphatic heterocycles. The number of sulfonamides is 1. The Kier molecular flexibility index (Phi) is 4.14. The molecule has 1 heterocycles. The molecule has 1 unspecified atom stereocenters. The van der Waals surface area contributed by atoms with Crippen LogP contribution in [0, 0.1) is 0 Å². The standard InChI is InChI=1S/C11H20ClNO2S/c12-10-5-4-8-13(9-10)16(14,15)11-6-2-1-3-7-11/h10-11H,1-9H2. The zero-order valence-corrected chi connectivity index (χ0v) is 11.1. The largest absolute Gasteiger partial charge is 0.217 e. The van der Waals surface area contributed by atoms with Gasteiger partial charge in [-0.3, -0.25) is 0 Å². The van der Waals surface area contributed by atoms with Crippen molar-refractivity contribution in [2.45, 2.75) is 55.6 Å². The molecule has 0 aromatic heterocycles. The van der Waals surface area contributed by atoms with Crippen LogP contribution < -0.4 is 0 Å². The Labute approximate surface area is 103 Å². The number of halogens is 1. The highest BCUT2D eigenvalue weighted by Crippen LogP contribution is 2.28. The molecular formula is C11H20ClNO2S.